The number of anilines is 1. The Balaban J connectivity index is 1.68. The van der Waals surface area contributed by atoms with Gasteiger partial charge in [0.1, 0.15) is 6.54 Å². The number of hydrogen-bond acceptors (Lipinski definition) is 7. The van der Waals surface area contributed by atoms with Gasteiger partial charge in [0, 0.05) is 23.1 Å². The first-order valence-corrected chi connectivity index (χ1v) is 11.3. The monoisotopic (exact) mass is 459 g/mol. The first-order valence-electron chi connectivity index (χ1n) is 9.93. The summed E-state index contributed by atoms with van der Waals surface area (Å²) in [6, 6.07) is 2.97. The number of hydrogen-bond donors (Lipinski definition) is 3. The minimum Gasteiger partial charge on any atom is -0.465 e. The summed E-state index contributed by atoms with van der Waals surface area (Å²) < 4.78 is 34.2. The van der Waals surface area contributed by atoms with Gasteiger partial charge in [0.25, 0.3) is 21.9 Å². The molecule has 0 saturated heterocycles. The third kappa shape index (κ3) is 3.80. The number of carbonyl (C=O) groups is 3. The number of aromatic amines is 1. The van der Waals surface area contributed by atoms with Crippen LogP contribution in [0.5, 0.6) is 0 Å². The molecule has 0 aliphatic carbocycles. The quantitative estimate of drug-likeness (QED) is 0.348. The fraction of sp³-hybridized carbons (Fsp3) is 0.286. The van der Waals surface area contributed by atoms with Crippen molar-refractivity contribution < 1.29 is 31.7 Å². The average Bonchev–Trinajstić information content (AvgIpc) is 3.26. The molecular formula is C21H21N3O7S. The van der Waals surface area contributed by atoms with E-state index in [1.807, 2.05) is 0 Å². The van der Waals surface area contributed by atoms with Crippen molar-refractivity contribution in [1.82, 2.24) is 10.3 Å². The average molecular weight is 459 g/mol. The first-order chi connectivity index (χ1) is 15.2. The lowest BCUT2D eigenvalue weighted by Gasteiger charge is -2.19. The van der Waals surface area contributed by atoms with E-state index in [0.29, 0.717) is 40.1 Å². The van der Waals surface area contributed by atoms with Crippen LogP contribution < -0.4 is 10.6 Å². The largest absolute Gasteiger partial charge is 0.465 e. The summed E-state index contributed by atoms with van der Waals surface area (Å²) >= 11 is 0. The second-order valence-electron chi connectivity index (χ2n) is 7.23. The highest BCUT2D eigenvalue weighted by atomic mass is 32.2. The number of ether oxygens (including phenoxy) is 1. The predicted molar refractivity (Wildman–Crippen MR) is 114 cm³/mol. The summed E-state index contributed by atoms with van der Waals surface area (Å²) in [5, 5.41) is 5.24. The fourth-order valence-corrected chi connectivity index (χ4v) is 4.95. The van der Waals surface area contributed by atoms with E-state index in [1.54, 1.807) is 19.9 Å². The van der Waals surface area contributed by atoms with E-state index in [-0.39, 0.29) is 36.1 Å². The summed E-state index contributed by atoms with van der Waals surface area (Å²) in [6.45, 7) is 3.34. The molecule has 4 rings (SSSR count). The Bertz CT molecular complexity index is 1270. The van der Waals surface area contributed by atoms with Gasteiger partial charge in [0.2, 0.25) is 0 Å². The zero-order valence-electron chi connectivity index (χ0n) is 17.4. The van der Waals surface area contributed by atoms with Crippen molar-refractivity contribution in [3.8, 4) is 0 Å². The van der Waals surface area contributed by atoms with Crippen LogP contribution in [0.4, 0.5) is 5.69 Å². The Morgan fingerprint density at radius 1 is 1.31 bits per heavy atom. The molecule has 0 bridgehead atoms. The van der Waals surface area contributed by atoms with E-state index in [2.05, 4.69) is 15.6 Å². The number of amides is 2. The zero-order chi connectivity index (χ0) is 23.0. The maximum Gasteiger partial charge on any atom is 0.325 e. The van der Waals surface area contributed by atoms with Gasteiger partial charge in [-0.3, -0.25) is 18.6 Å². The van der Waals surface area contributed by atoms with Crippen molar-refractivity contribution in [1.29, 1.82) is 0 Å². The van der Waals surface area contributed by atoms with Crippen LogP contribution in [0.15, 0.2) is 23.2 Å². The normalized spacial score (nSPS) is 17.4. The first kappa shape index (κ1) is 21.8. The van der Waals surface area contributed by atoms with E-state index >= 15 is 0 Å². The standard InChI is InChI=1S/C21H21N3O7S/c1-3-30-18(25)10-23-20(26)14-9-22-16(11(14)2)8-13-19-12-6-7-31-32(28,29)17(12)5-4-15(19)24-21(13)27/h4-5,8-9,22H,3,6-7,10H2,1-2H3,(H,23,26)(H,24,27)/b13-8-. The van der Waals surface area contributed by atoms with Crippen molar-refractivity contribution in [2.75, 3.05) is 25.1 Å². The van der Waals surface area contributed by atoms with Crippen LogP contribution >= 0.6 is 0 Å². The fourth-order valence-electron chi connectivity index (χ4n) is 3.78. The molecule has 0 spiro atoms. The van der Waals surface area contributed by atoms with Gasteiger partial charge in [-0.2, -0.15) is 8.42 Å². The lowest BCUT2D eigenvalue weighted by atomic mass is 9.97. The van der Waals surface area contributed by atoms with Crippen LogP contribution in [0.3, 0.4) is 0 Å². The number of nitrogens with one attached hydrogen (secondary N) is 3. The Hall–Kier alpha value is -3.44. The van der Waals surface area contributed by atoms with Crippen LogP contribution in [-0.4, -0.2) is 50.9 Å². The molecule has 3 N–H and O–H groups in total. The van der Waals surface area contributed by atoms with Crippen molar-refractivity contribution in [2.24, 2.45) is 0 Å². The molecule has 1 aromatic carbocycles. The van der Waals surface area contributed by atoms with Gasteiger partial charge < -0.3 is 20.4 Å². The van der Waals surface area contributed by atoms with Crippen LogP contribution in [0.25, 0.3) is 11.6 Å². The number of carbonyl (C=O) groups excluding carboxylic acids is 3. The molecule has 2 aliphatic rings. The molecule has 0 fully saturated rings. The highest BCUT2D eigenvalue weighted by Crippen LogP contribution is 2.40. The van der Waals surface area contributed by atoms with E-state index in [1.165, 1.54) is 18.3 Å². The third-order valence-electron chi connectivity index (χ3n) is 5.30. The molecular weight excluding hydrogens is 438 g/mol. The Morgan fingerprint density at radius 2 is 2.09 bits per heavy atom. The van der Waals surface area contributed by atoms with E-state index in [0.717, 1.165) is 0 Å². The smallest absolute Gasteiger partial charge is 0.325 e. The van der Waals surface area contributed by atoms with Crippen LogP contribution in [0.1, 0.15) is 39.7 Å². The van der Waals surface area contributed by atoms with Gasteiger partial charge in [-0.25, -0.2) is 0 Å². The predicted octanol–water partition coefficient (Wildman–Crippen LogP) is 1.37. The van der Waals surface area contributed by atoms with E-state index in [9.17, 15) is 22.8 Å². The number of esters is 1. The van der Waals surface area contributed by atoms with Crippen molar-refractivity contribution in [3.05, 3.63) is 46.3 Å². The molecule has 0 saturated carbocycles. The molecule has 2 aliphatic heterocycles. The highest BCUT2D eigenvalue weighted by molar-refractivity contribution is 7.86. The highest BCUT2D eigenvalue weighted by Gasteiger charge is 2.34. The van der Waals surface area contributed by atoms with E-state index in [4.69, 9.17) is 8.92 Å². The lowest BCUT2D eigenvalue weighted by Crippen LogP contribution is -2.30. The van der Waals surface area contributed by atoms with Gasteiger partial charge in [-0.15, -0.1) is 0 Å². The van der Waals surface area contributed by atoms with Gasteiger partial charge in [-0.1, -0.05) is 0 Å². The second kappa shape index (κ2) is 8.24. The van der Waals surface area contributed by atoms with Crippen molar-refractivity contribution in [2.45, 2.75) is 25.2 Å². The summed E-state index contributed by atoms with van der Waals surface area (Å²) in [5.74, 6) is -1.38. The molecule has 2 aromatic rings. The molecule has 3 heterocycles. The zero-order valence-corrected chi connectivity index (χ0v) is 18.2. The molecule has 2 amide bonds. The van der Waals surface area contributed by atoms with Gasteiger partial charge in [0.05, 0.1) is 29.2 Å². The van der Waals surface area contributed by atoms with E-state index < -0.39 is 22.0 Å². The topological polar surface area (TPSA) is 144 Å². The number of benzene rings is 1. The maximum atomic E-state index is 12.7. The Labute approximate surface area is 184 Å². The minimum absolute atomic E-state index is 0.000425. The van der Waals surface area contributed by atoms with Gasteiger partial charge in [0.15, 0.2) is 0 Å². The molecule has 11 heteroatoms. The minimum atomic E-state index is -3.88. The van der Waals surface area contributed by atoms with Crippen LogP contribution in [-0.2, 0) is 35.0 Å². The summed E-state index contributed by atoms with van der Waals surface area (Å²) in [6.07, 6.45) is 3.41. The van der Waals surface area contributed by atoms with Crippen molar-refractivity contribution >= 4 is 45.2 Å². The van der Waals surface area contributed by atoms with Gasteiger partial charge in [-0.05, 0) is 49.6 Å². The molecule has 32 heavy (non-hydrogen) atoms. The number of H-pyrrole nitrogens is 1. The summed E-state index contributed by atoms with van der Waals surface area (Å²) in [4.78, 5) is 39.6. The summed E-state index contributed by atoms with van der Waals surface area (Å²) in [5.41, 5.74) is 3.24. The SMILES string of the molecule is CCOC(=O)CNC(=O)c1c[nH]c(/C=C2\C(=O)Nc3ccc4c(c32)CCOS4(=O)=O)c1C. The Kier molecular flexibility index (Phi) is 5.61. The summed E-state index contributed by atoms with van der Waals surface area (Å²) in [7, 11) is -3.88. The van der Waals surface area contributed by atoms with Crippen LogP contribution in [0, 0.1) is 6.92 Å². The molecule has 0 atom stereocenters. The molecule has 168 valence electrons. The third-order valence-corrected chi connectivity index (χ3v) is 6.70. The van der Waals surface area contributed by atoms with Crippen LogP contribution in [0.2, 0.25) is 0 Å². The lowest BCUT2D eigenvalue weighted by molar-refractivity contribution is -0.141. The molecule has 0 unspecified atom stereocenters. The molecule has 10 nitrogen and oxygen atoms in total. The van der Waals surface area contributed by atoms with Gasteiger partial charge >= 0.3 is 5.97 Å². The maximum absolute atomic E-state index is 12.7. The second-order valence-corrected chi connectivity index (χ2v) is 8.82. The molecule has 1 aromatic heterocycles. The molecule has 0 radical (unpaired) electrons. The number of fused-ring (bicyclic) bond motifs is 3. The van der Waals surface area contributed by atoms with Crippen molar-refractivity contribution in [3.63, 3.8) is 0 Å². The number of rotatable bonds is 5. The Morgan fingerprint density at radius 3 is 2.84 bits per heavy atom. The number of aromatic nitrogens is 1.